The van der Waals surface area contributed by atoms with Gasteiger partial charge in [-0.1, -0.05) is 317 Å². The van der Waals surface area contributed by atoms with Crippen LogP contribution in [0.25, 0.3) is 68.5 Å². The van der Waals surface area contributed by atoms with E-state index in [0.717, 1.165) is 143 Å². The third-order valence-corrected chi connectivity index (χ3v) is 31.7. The first kappa shape index (κ1) is 90.0. The second-order valence-electron chi connectivity index (χ2n) is 35.1. The van der Waals surface area contributed by atoms with Gasteiger partial charge in [0.05, 0.1) is 46.4 Å². The first-order valence-electron chi connectivity index (χ1n) is 47.0. The number of benzene rings is 7. The van der Waals surface area contributed by atoms with Crippen molar-refractivity contribution in [1.29, 1.82) is 15.8 Å². The lowest BCUT2D eigenvalue weighted by Crippen LogP contribution is -2.30. The third-order valence-electron chi connectivity index (χ3n) is 26.9. The number of thiophene rings is 4. The number of Topliss-reactive ketones (excluding diaryl/α,β-unsaturated/α-hetero) is 2. The number of carbonyl (C=O) groups excluding carboxylic acids is 2. The van der Waals surface area contributed by atoms with Gasteiger partial charge in [0.15, 0.2) is 11.6 Å². The summed E-state index contributed by atoms with van der Waals surface area (Å²) in [6.07, 6.45) is 34.9. The van der Waals surface area contributed by atoms with E-state index in [9.17, 15) is 25.4 Å². The highest BCUT2D eigenvalue weighted by Crippen LogP contribution is 2.67. The zero-order valence-electron chi connectivity index (χ0n) is 74.9. The lowest BCUT2D eigenvalue weighted by Gasteiger charge is -2.35. The van der Waals surface area contributed by atoms with Gasteiger partial charge in [-0.25, -0.2) is 10.1 Å². The van der Waals surface area contributed by atoms with E-state index in [1.165, 1.54) is 165 Å². The molecule has 642 valence electrons. The summed E-state index contributed by atoms with van der Waals surface area (Å²) in [5.41, 5.74) is 18.8. The fraction of sp³-hybridized carbons (Fsp3) is 0.368. The smallest absolute Gasteiger partial charge is 0.270 e. The zero-order chi connectivity index (χ0) is 87.9. The van der Waals surface area contributed by atoms with E-state index in [4.69, 9.17) is 16.0 Å². The molecule has 12 heteroatoms. The highest BCUT2D eigenvalue weighted by Gasteiger charge is 2.54. The van der Waals surface area contributed by atoms with Gasteiger partial charge < -0.3 is 9.47 Å². The maximum atomic E-state index is 14.9. The Labute approximate surface area is 765 Å². The standard InChI is InChI=1S/C114H118N4O4S4/c1-10-18-24-28-38-77-46-54-82(55-47-77)113(83-56-48-78(49-57-83)39-29-25-19-11-2)96-67-93-97(66-92(96)109-98(113)68-103(125-109)111-101(121-73-75(16-7)36-22-14-5)64-86(123-111)62-94-105(81(70-115)71-116)88-42-32-34-44-90(88)107(94)119)114(84-58-50-79(51-59-84)40-30-26-20-12-3,85-60-52-80(53-61-85)41-31-27-21-13-4)99-69-104(126-110(93)99)112-102(122-74-76(17-8)37-23-15-6)65-87(124-112)63-95-106(100(72-117)118-9)89-43-33-35-45-91(89)108(95)120/h32-35,42-69,75-76H,10-31,36-41,73-74H2,1-8H3/b94-62-,95-63-,106-100+. The van der Waals surface area contributed by atoms with Crippen molar-refractivity contribution in [3.63, 3.8) is 0 Å². The Kier molecular flexibility index (Phi) is 29.8. The zero-order valence-corrected chi connectivity index (χ0v) is 78.2. The number of unbranched alkanes of at least 4 members (excludes halogenated alkanes) is 14. The number of hydrogen-bond acceptors (Lipinski definition) is 11. The number of ether oxygens (including phenoxy) is 2. The summed E-state index contributed by atoms with van der Waals surface area (Å²) in [6, 6.07) is 74.5. The van der Waals surface area contributed by atoms with Gasteiger partial charge in [-0.15, -0.1) is 45.3 Å². The molecule has 8 nitrogen and oxygen atoms in total. The minimum atomic E-state index is -0.877. The van der Waals surface area contributed by atoms with Crippen LogP contribution in [0.1, 0.15) is 318 Å². The minimum absolute atomic E-state index is 0.0967. The van der Waals surface area contributed by atoms with Crippen LogP contribution in [0.15, 0.2) is 204 Å². The van der Waals surface area contributed by atoms with E-state index in [2.05, 4.69) is 212 Å². The SMILES string of the molecule is [C-]#[N+]/C(C#N)=C1/C(=C/c2cc(OCC(CC)CCCC)c(-c3cc4c(s3)-c3cc5c(cc3C4(c3ccc(CCCCCC)cc3)c3ccc(CCCCCC)cc3)-c3sc(-c4sc(/C=C6\C(=O)c7ccccc7C6=C(C#N)C#N)cc4OCC(CC)CCCC)cc3C5(c3ccc(CCCCCC)cc3)c3ccc(CCCCCC)cc3)s2)C(=O)c2ccccc21. The number of rotatable bonds is 42. The molecule has 4 aliphatic rings. The Morgan fingerprint density at radius 1 is 0.381 bits per heavy atom. The van der Waals surface area contributed by atoms with Crippen molar-refractivity contribution in [3.05, 3.63) is 315 Å². The Morgan fingerprint density at radius 2 is 0.722 bits per heavy atom. The average molecular weight is 1740 g/mol. The summed E-state index contributed by atoms with van der Waals surface area (Å²) in [7, 11) is 0. The molecule has 0 amide bonds. The summed E-state index contributed by atoms with van der Waals surface area (Å²) in [5, 5.41) is 31.8. The summed E-state index contributed by atoms with van der Waals surface area (Å²) < 4.78 is 14.6. The second-order valence-corrected chi connectivity index (χ2v) is 39.4. The number of carbonyl (C=O) groups is 2. The van der Waals surface area contributed by atoms with Crippen LogP contribution in [0.5, 0.6) is 11.5 Å². The summed E-state index contributed by atoms with van der Waals surface area (Å²) in [4.78, 5) is 41.5. The van der Waals surface area contributed by atoms with Crippen LogP contribution in [0.4, 0.5) is 0 Å². The number of hydrogen-bond donors (Lipinski definition) is 0. The molecule has 4 aliphatic carbocycles. The number of allylic oxidation sites excluding steroid dienone is 6. The van der Waals surface area contributed by atoms with Crippen molar-refractivity contribution in [3.8, 4) is 70.1 Å². The average Bonchev–Trinajstić information content (AvgIpc) is 1.50. The highest BCUT2D eigenvalue weighted by molar-refractivity contribution is 7.25. The van der Waals surface area contributed by atoms with E-state index in [-0.39, 0.29) is 22.8 Å². The fourth-order valence-corrected chi connectivity index (χ4v) is 24.6. The Bertz CT molecular complexity index is 5560. The number of nitriles is 3. The molecule has 0 radical (unpaired) electrons. The van der Waals surface area contributed by atoms with Crippen molar-refractivity contribution in [2.24, 2.45) is 11.8 Å². The molecule has 126 heavy (non-hydrogen) atoms. The lowest BCUT2D eigenvalue weighted by molar-refractivity contribution is 0.103. The maximum absolute atomic E-state index is 14.9. The number of nitrogens with zero attached hydrogens (tertiary/aromatic N) is 4. The molecular weight excluding hydrogens is 1620 g/mol. The van der Waals surface area contributed by atoms with Crippen LogP contribution in [0, 0.1) is 52.4 Å². The number of aryl methyl sites for hydroxylation is 4. The van der Waals surface area contributed by atoms with Crippen molar-refractivity contribution in [1.82, 2.24) is 0 Å². The van der Waals surface area contributed by atoms with E-state index >= 15 is 0 Å². The minimum Gasteiger partial charge on any atom is -0.492 e. The van der Waals surface area contributed by atoms with Gasteiger partial charge >= 0.3 is 0 Å². The molecular formula is C114H118N4O4S4. The Morgan fingerprint density at radius 3 is 1.05 bits per heavy atom. The molecule has 0 N–H and O–H groups in total. The van der Waals surface area contributed by atoms with Crippen molar-refractivity contribution < 1.29 is 19.1 Å². The molecule has 4 heterocycles. The molecule has 0 aliphatic heterocycles. The predicted octanol–water partition coefficient (Wildman–Crippen LogP) is 32.2. The molecule has 2 atom stereocenters. The summed E-state index contributed by atoms with van der Waals surface area (Å²) in [6.45, 7) is 27.4. The normalized spacial score (nSPS) is 15.2. The largest absolute Gasteiger partial charge is 0.492 e. The lowest BCUT2D eigenvalue weighted by atomic mass is 9.65. The van der Waals surface area contributed by atoms with E-state index in [1.807, 2.05) is 71.2 Å². The molecule has 0 bridgehead atoms. The first-order valence-corrected chi connectivity index (χ1v) is 50.2. The second kappa shape index (κ2) is 41.8. The first-order chi connectivity index (χ1) is 61.8. The van der Waals surface area contributed by atoms with Crippen molar-refractivity contribution in [2.75, 3.05) is 13.2 Å². The van der Waals surface area contributed by atoms with Crippen LogP contribution in [0.3, 0.4) is 0 Å². The van der Waals surface area contributed by atoms with Gasteiger partial charge in [-0.05, 0) is 214 Å². The Hall–Kier alpha value is -10.8. The van der Waals surface area contributed by atoms with Gasteiger partial charge in [-0.3, -0.25) is 9.59 Å². The molecule has 15 rings (SSSR count). The van der Waals surface area contributed by atoms with Gasteiger partial charge in [0.2, 0.25) is 0 Å². The van der Waals surface area contributed by atoms with E-state index in [0.29, 0.717) is 69.6 Å². The molecule has 4 aromatic heterocycles. The summed E-state index contributed by atoms with van der Waals surface area (Å²) >= 11 is 6.87. The van der Waals surface area contributed by atoms with Crippen LogP contribution < -0.4 is 9.47 Å². The maximum Gasteiger partial charge on any atom is 0.270 e. The van der Waals surface area contributed by atoms with E-state index in [1.54, 1.807) is 34.8 Å². The van der Waals surface area contributed by atoms with Crippen LogP contribution in [-0.4, -0.2) is 24.8 Å². The van der Waals surface area contributed by atoms with Gasteiger partial charge in [0.25, 0.3) is 5.70 Å². The monoisotopic (exact) mass is 1730 g/mol. The fourth-order valence-electron chi connectivity index (χ4n) is 19.8. The van der Waals surface area contributed by atoms with Crippen LogP contribution in [-0.2, 0) is 36.5 Å². The molecule has 0 saturated heterocycles. The Balaban J connectivity index is 1.02. The molecule has 7 aromatic carbocycles. The molecule has 2 unspecified atom stereocenters. The van der Waals surface area contributed by atoms with Gasteiger partial charge in [-0.2, -0.15) is 10.5 Å². The molecule has 0 spiro atoms. The molecule has 0 fully saturated rings. The quantitative estimate of drug-likeness (QED) is 0.0161. The number of fused-ring (bicyclic) bond motifs is 8. The predicted molar refractivity (Wildman–Crippen MR) is 527 cm³/mol. The number of ketones is 2. The molecule has 0 saturated carbocycles. The summed E-state index contributed by atoms with van der Waals surface area (Å²) in [5.74, 6) is 1.70. The third kappa shape index (κ3) is 18.0. The molecule has 11 aromatic rings. The van der Waals surface area contributed by atoms with E-state index < -0.39 is 10.8 Å². The van der Waals surface area contributed by atoms with Crippen molar-refractivity contribution in [2.45, 2.75) is 246 Å². The highest BCUT2D eigenvalue weighted by atomic mass is 32.1. The topological polar surface area (TPSA) is 128 Å². The van der Waals surface area contributed by atoms with Crippen molar-refractivity contribution >= 4 is 80.2 Å². The van der Waals surface area contributed by atoms with Gasteiger partial charge in [0, 0.05) is 62.7 Å². The van der Waals surface area contributed by atoms with Crippen LogP contribution >= 0.6 is 45.3 Å². The van der Waals surface area contributed by atoms with Gasteiger partial charge in [0.1, 0.15) is 29.2 Å². The van der Waals surface area contributed by atoms with Crippen LogP contribution in [0.2, 0.25) is 0 Å².